The smallest absolute Gasteiger partial charge is 0.326 e. The minimum atomic E-state index is -1.02. The number of allylic oxidation sites excluding steroid dienone is 2. The number of ether oxygens (including phenoxy) is 1. The molecule has 5 rings (SSSR count). The van der Waals surface area contributed by atoms with Crippen molar-refractivity contribution in [2.24, 2.45) is 56.2 Å². The number of rotatable bonds is 14. The summed E-state index contributed by atoms with van der Waals surface area (Å²) in [5.74, 6) is -1.61. The summed E-state index contributed by atoms with van der Waals surface area (Å²) in [5, 5.41) is 24.5. The lowest BCUT2D eigenvalue weighted by molar-refractivity contribution is -0.213. The van der Waals surface area contributed by atoms with Crippen molar-refractivity contribution in [3.8, 4) is 0 Å². The molecule has 5 aliphatic rings. The number of carbonyl (C=O) groups excluding carboxylic acids is 3. The Bertz CT molecular complexity index is 1530. The predicted molar refractivity (Wildman–Crippen MR) is 212 cm³/mol. The zero-order valence-corrected chi connectivity index (χ0v) is 35.4. The molecular formula is C45H72N2O8. The van der Waals surface area contributed by atoms with Crippen molar-refractivity contribution in [2.75, 3.05) is 6.54 Å². The van der Waals surface area contributed by atoms with Crippen LogP contribution in [0.5, 0.6) is 0 Å². The van der Waals surface area contributed by atoms with Crippen LogP contribution in [0.1, 0.15) is 165 Å². The Labute approximate surface area is 330 Å². The van der Waals surface area contributed by atoms with Crippen LogP contribution in [0.25, 0.3) is 0 Å². The van der Waals surface area contributed by atoms with E-state index in [1.807, 2.05) is 0 Å². The third-order valence-corrected chi connectivity index (χ3v) is 16.5. The van der Waals surface area contributed by atoms with Gasteiger partial charge in [0.2, 0.25) is 11.8 Å². The Morgan fingerprint density at radius 3 is 2.16 bits per heavy atom. The Kier molecular flexibility index (Phi) is 12.4. The largest absolute Gasteiger partial charge is 0.481 e. The Balaban J connectivity index is 1.28. The first kappa shape index (κ1) is 43.2. The van der Waals surface area contributed by atoms with Crippen LogP contribution in [0.3, 0.4) is 0 Å². The average Bonchev–Trinajstić information content (AvgIpc) is 3.08. The van der Waals surface area contributed by atoms with Gasteiger partial charge in [0.1, 0.15) is 12.1 Å². The standard InChI is InChI=1S/C45H72N2O8/c1-28(2)37(38(52)53)47-34(48)13-11-10-12-26-46-39(54)45-24-22-40(3,4)27-30(45)29-14-15-32-42(7)20-19-33(55-36(51)17-16-35(49)50)41(5,6)31(42)18-21-44(32,9)43(29,8)23-25-45/h14,28,30-33,37H,10-13,15-27H2,1-9H3,(H,46,54)(H,47,48)(H,49,50)(H,52,53)/t30-,31-,32+,33-,37-,42-,43+,44+,45-/m0/s1. The Hall–Kier alpha value is -2.91. The lowest BCUT2D eigenvalue weighted by Gasteiger charge is -2.71. The van der Waals surface area contributed by atoms with E-state index in [-0.39, 0.29) is 76.1 Å². The van der Waals surface area contributed by atoms with Gasteiger partial charge >= 0.3 is 17.9 Å². The van der Waals surface area contributed by atoms with Crippen molar-refractivity contribution >= 4 is 29.7 Å². The van der Waals surface area contributed by atoms with Crippen LogP contribution in [0.15, 0.2) is 11.6 Å². The van der Waals surface area contributed by atoms with Crippen LogP contribution in [0, 0.1) is 56.2 Å². The molecule has 4 N–H and O–H groups in total. The van der Waals surface area contributed by atoms with E-state index in [2.05, 4.69) is 65.2 Å². The second kappa shape index (κ2) is 15.8. The second-order valence-electron chi connectivity index (χ2n) is 20.8. The van der Waals surface area contributed by atoms with Gasteiger partial charge in [-0.1, -0.05) is 80.4 Å². The quantitative estimate of drug-likeness (QED) is 0.0778. The number of hydrogen-bond donors (Lipinski definition) is 4. The minimum Gasteiger partial charge on any atom is -0.481 e. The summed E-state index contributed by atoms with van der Waals surface area (Å²) in [5.41, 5.74) is 1.14. The highest BCUT2D eigenvalue weighted by atomic mass is 16.5. The maximum atomic E-state index is 14.5. The fourth-order valence-electron chi connectivity index (χ4n) is 13.0. The van der Waals surface area contributed by atoms with Gasteiger partial charge < -0.3 is 25.6 Å². The maximum Gasteiger partial charge on any atom is 0.326 e. The fraction of sp³-hybridized carbons (Fsp3) is 0.844. The van der Waals surface area contributed by atoms with Crippen LogP contribution >= 0.6 is 0 Å². The third-order valence-electron chi connectivity index (χ3n) is 16.5. The number of fused-ring (bicyclic) bond motifs is 7. The van der Waals surface area contributed by atoms with Crippen LogP contribution < -0.4 is 10.6 Å². The van der Waals surface area contributed by atoms with Gasteiger partial charge in [0.25, 0.3) is 0 Å². The first-order valence-electron chi connectivity index (χ1n) is 21.5. The molecule has 10 nitrogen and oxygen atoms in total. The highest BCUT2D eigenvalue weighted by molar-refractivity contribution is 5.84. The summed E-state index contributed by atoms with van der Waals surface area (Å²) >= 11 is 0. The molecule has 9 atom stereocenters. The van der Waals surface area contributed by atoms with Gasteiger partial charge in [0.15, 0.2) is 0 Å². The van der Waals surface area contributed by atoms with E-state index < -0.39 is 29.4 Å². The third kappa shape index (κ3) is 8.00. The molecule has 0 aromatic heterocycles. The van der Waals surface area contributed by atoms with Crippen LogP contribution in [0.4, 0.5) is 0 Å². The zero-order valence-electron chi connectivity index (χ0n) is 35.4. The van der Waals surface area contributed by atoms with Gasteiger partial charge in [-0.15, -0.1) is 0 Å². The van der Waals surface area contributed by atoms with Crippen molar-refractivity contribution in [3.05, 3.63) is 11.6 Å². The van der Waals surface area contributed by atoms with E-state index >= 15 is 0 Å². The van der Waals surface area contributed by atoms with Gasteiger partial charge in [-0.2, -0.15) is 0 Å². The number of nitrogens with one attached hydrogen (secondary N) is 2. The van der Waals surface area contributed by atoms with Crippen LogP contribution in [0.2, 0.25) is 0 Å². The molecule has 0 aliphatic heterocycles. The molecule has 0 spiro atoms. The van der Waals surface area contributed by atoms with Crippen LogP contribution in [-0.4, -0.2) is 58.6 Å². The summed E-state index contributed by atoms with van der Waals surface area (Å²) in [6.45, 7) is 21.0. The molecule has 2 amide bonds. The molecule has 0 heterocycles. The number of amides is 2. The van der Waals surface area contributed by atoms with E-state index in [1.165, 1.54) is 5.57 Å². The predicted octanol–water partition coefficient (Wildman–Crippen LogP) is 8.47. The zero-order chi connectivity index (χ0) is 40.8. The lowest BCUT2D eigenvalue weighted by atomic mass is 9.33. The van der Waals surface area contributed by atoms with Gasteiger partial charge in [-0.05, 0) is 122 Å². The topological polar surface area (TPSA) is 159 Å². The summed E-state index contributed by atoms with van der Waals surface area (Å²) in [6.07, 6.45) is 14.3. The molecule has 0 bridgehead atoms. The van der Waals surface area contributed by atoms with Gasteiger partial charge in [0, 0.05) is 18.4 Å². The van der Waals surface area contributed by atoms with Crippen molar-refractivity contribution < 1.29 is 38.9 Å². The van der Waals surface area contributed by atoms with Gasteiger partial charge in [-0.3, -0.25) is 19.2 Å². The average molecular weight is 769 g/mol. The molecule has 0 aromatic rings. The van der Waals surface area contributed by atoms with E-state index in [9.17, 15) is 29.1 Å². The molecule has 0 saturated heterocycles. The second-order valence-corrected chi connectivity index (χ2v) is 20.8. The number of unbranched alkanes of at least 4 members (excludes halogenated alkanes) is 2. The summed E-state index contributed by atoms with van der Waals surface area (Å²) in [7, 11) is 0. The number of carboxylic acids is 2. The molecule has 10 heteroatoms. The molecule has 5 aliphatic carbocycles. The molecule has 4 fully saturated rings. The molecule has 310 valence electrons. The summed E-state index contributed by atoms with van der Waals surface area (Å²) in [4.78, 5) is 62.1. The van der Waals surface area contributed by atoms with Gasteiger partial charge in [0.05, 0.1) is 18.3 Å². The number of carbonyl (C=O) groups is 5. The molecule has 4 saturated carbocycles. The monoisotopic (exact) mass is 769 g/mol. The number of hydrogen-bond acceptors (Lipinski definition) is 6. The number of esters is 1. The molecule has 55 heavy (non-hydrogen) atoms. The van der Waals surface area contributed by atoms with E-state index in [0.29, 0.717) is 24.8 Å². The van der Waals surface area contributed by atoms with Crippen LogP contribution in [-0.2, 0) is 28.7 Å². The van der Waals surface area contributed by atoms with E-state index in [0.717, 1.165) is 77.0 Å². The Morgan fingerprint density at radius 1 is 0.818 bits per heavy atom. The Morgan fingerprint density at radius 2 is 1.51 bits per heavy atom. The highest BCUT2D eigenvalue weighted by Gasteiger charge is 2.69. The van der Waals surface area contributed by atoms with Crippen molar-refractivity contribution in [3.63, 3.8) is 0 Å². The molecule has 0 radical (unpaired) electrons. The molecular weight excluding hydrogens is 697 g/mol. The maximum absolute atomic E-state index is 14.5. The molecule has 0 unspecified atom stereocenters. The molecule has 0 aromatic carbocycles. The highest BCUT2D eigenvalue weighted by Crippen LogP contribution is 2.76. The first-order chi connectivity index (χ1) is 25.5. The summed E-state index contributed by atoms with van der Waals surface area (Å²) < 4.78 is 6.03. The van der Waals surface area contributed by atoms with Crippen molar-refractivity contribution in [1.29, 1.82) is 0 Å². The van der Waals surface area contributed by atoms with E-state index in [4.69, 9.17) is 9.84 Å². The summed E-state index contributed by atoms with van der Waals surface area (Å²) in [6, 6.07) is -0.882. The first-order valence-corrected chi connectivity index (χ1v) is 21.5. The number of aliphatic carboxylic acids is 2. The van der Waals surface area contributed by atoms with Gasteiger partial charge in [-0.25, -0.2) is 4.79 Å². The number of carboxylic acid groups (broad SMARTS) is 2. The lowest BCUT2D eigenvalue weighted by Crippen LogP contribution is -2.65. The normalized spacial score (nSPS) is 36.4. The minimum absolute atomic E-state index is 0.0220. The SMILES string of the molecule is CC(C)[C@H](NC(=O)CCCCCNC(=O)[C@]12CCC(C)(C)C[C@H]1C1=CC[C@@H]3[C@@]4(C)CC[C@H](OC(=O)CCC(=O)O)C(C)(C)[C@@H]4CC[C@@]3(C)[C@]1(C)CC2)C(=O)O. The fourth-order valence-corrected chi connectivity index (χ4v) is 13.0. The van der Waals surface area contributed by atoms with Crippen molar-refractivity contribution in [2.45, 2.75) is 177 Å². The van der Waals surface area contributed by atoms with Crippen molar-refractivity contribution in [1.82, 2.24) is 10.6 Å². The van der Waals surface area contributed by atoms with E-state index in [1.54, 1.807) is 13.8 Å².